The van der Waals surface area contributed by atoms with Crippen molar-refractivity contribution in [2.24, 2.45) is 0 Å². The summed E-state index contributed by atoms with van der Waals surface area (Å²) in [6.07, 6.45) is 0. The topological polar surface area (TPSA) is 110 Å². The van der Waals surface area contributed by atoms with E-state index in [9.17, 15) is 23.3 Å². The normalized spacial score (nSPS) is 17.6. The van der Waals surface area contributed by atoms with Gasteiger partial charge in [0.2, 0.25) is 10.0 Å². The monoisotopic (exact) mass is 433 g/mol. The van der Waals surface area contributed by atoms with Gasteiger partial charge in [0.1, 0.15) is 0 Å². The van der Waals surface area contributed by atoms with Crippen molar-refractivity contribution in [3.05, 3.63) is 63.7 Å². The first kappa shape index (κ1) is 21.7. The second kappa shape index (κ2) is 8.41. The summed E-state index contributed by atoms with van der Waals surface area (Å²) >= 11 is 0. The maximum Gasteiger partial charge on any atom is 0.337 e. The Morgan fingerprint density at radius 3 is 2.37 bits per heavy atom. The third-order valence-corrected chi connectivity index (χ3v) is 7.35. The maximum absolute atomic E-state index is 13.2. The molecule has 0 aliphatic carbocycles. The fraction of sp³-hybridized carbons (Fsp3) is 0.350. The largest absolute Gasteiger partial charge is 0.465 e. The predicted octanol–water partition coefficient (Wildman–Crippen LogP) is 2.59. The molecular formula is C20H23N3O6S. The molecule has 0 radical (unpaired) electrons. The van der Waals surface area contributed by atoms with Gasteiger partial charge in [0.15, 0.2) is 0 Å². The molecule has 1 fully saturated rings. The molecular weight excluding hydrogens is 410 g/mol. The number of methoxy groups -OCH3 is 1. The molecule has 30 heavy (non-hydrogen) atoms. The van der Waals surface area contributed by atoms with Crippen LogP contribution in [-0.4, -0.2) is 56.4 Å². The highest BCUT2D eigenvalue weighted by Crippen LogP contribution is 2.28. The SMILES string of the molecule is COC(=O)c1ccc(N2CCN(S(=O)(=O)c3ccc([N+](=O)[O-])cc3C)C(C)C2)cc1. The summed E-state index contributed by atoms with van der Waals surface area (Å²) in [5.74, 6) is -0.413. The Labute approximate surface area is 175 Å². The number of sulfonamides is 1. The molecule has 9 nitrogen and oxygen atoms in total. The number of anilines is 1. The molecule has 1 unspecified atom stereocenters. The van der Waals surface area contributed by atoms with Crippen molar-refractivity contribution < 1.29 is 22.9 Å². The number of nitrogens with zero attached hydrogens (tertiary/aromatic N) is 3. The summed E-state index contributed by atoms with van der Waals surface area (Å²) in [6, 6.07) is 10.4. The maximum atomic E-state index is 13.2. The van der Waals surface area contributed by atoms with Gasteiger partial charge in [-0.2, -0.15) is 4.31 Å². The second-order valence-electron chi connectivity index (χ2n) is 7.16. The number of carbonyl (C=O) groups is 1. The first-order valence-corrected chi connectivity index (χ1v) is 10.8. The Kier molecular flexibility index (Phi) is 6.09. The summed E-state index contributed by atoms with van der Waals surface area (Å²) < 4.78 is 32.5. The average Bonchev–Trinajstić information content (AvgIpc) is 2.72. The average molecular weight is 433 g/mol. The van der Waals surface area contributed by atoms with E-state index >= 15 is 0 Å². The van der Waals surface area contributed by atoms with Crippen molar-refractivity contribution in [3.63, 3.8) is 0 Å². The summed E-state index contributed by atoms with van der Waals surface area (Å²) in [5, 5.41) is 10.9. The number of aryl methyl sites for hydroxylation is 1. The van der Waals surface area contributed by atoms with Crippen LogP contribution in [0.25, 0.3) is 0 Å². The highest BCUT2D eigenvalue weighted by atomic mass is 32.2. The van der Waals surface area contributed by atoms with Crippen LogP contribution in [0.3, 0.4) is 0 Å². The number of non-ortho nitro benzene ring substituents is 1. The molecule has 0 aromatic heterocycles. The summed E-state index contributed by atoms with van der Waals surface area (Å²) in [6.45, 7) is 4.62. The molecule has 0 amide bonds. The summed E-state index contributed by atoms with van der Waals surface area (Å²) in [4.78, 5) is 24.1. The number of hydrogen-bond acceptors (Lipinski definition) is 7. The first-order chi connectivity index (χ1) is 14.1. The van der Waals surface area contributed by atoms with Gasteiger partial charge >= 0.3 is 5.97 Å². The Hall–Kier alpha value is -2.98. The molecule has 10 heteroatoms. The number of carbonyl (C=O) groups excluding carboxylic acids is 1. The zero-order valence-corrected chi connectivity index (χ0v) is 17.8. The Morgan fingerprint density at radius 2 is 1.83 bits per heavy atom. The number of nitro benzene ring substituents is 1. The number of ether oxygens (including phenoxy) is 1. The Bertz CT molecular complexity index is 1070. The van der Waals surface area contributed by atoms with Crippen molar-refractivity contribution in [2.45, 2.75) is 24.8 Å². The predicted molar refractivity (Wildman–Crippen MR) is 111 cm³/mol. The molecule has 1 heterocycles. The molecule has 2 aromatic carbocycles. The zero-order chi connectivity index (χ0) is 22.1. The lowest BCUT2D eigenvalue weighted by Crippen LogP contribution is -2.54. The van der Waals surface area contributed by atoms with E-state index < -0.39 is 20.9 Å². The third kappa shape index (κ3) is 4.14. The molecule has 1 saturated heterocycles. The molecule has 1 aliphatic heterocycles. The Balaban J connectivity index is 1.78. The van der Waals surface area contributed by atoms with Gasteiger partial charge in [-0.05, 0) is 49.7 Å². The van der Waals surface area contributed by atoms with Gasteiger partial charge in [0.05, 0.1) is 22.5 Å². The molecule has 0 N–H and O–H groups in total. The van der Waals surface area contributed by atoms with E-state index in [1.165, 1.54) is 29.6 Å². The van der Waals surface area contributed by atoms with Gasteiger partial charge in [-0.25, -0.2) is 13.2 Å². The van der Waals surface area contributed by atoms with Crippen LogP contribution >= 0.6 is 0 Å². The quantitative estimate of drug-likeness (QED) is 0.405. The number of nitro groups is 1. The standard InChI is InChI=1S/C20H23N3O6S/c1-14-12-18(23(25)26)8-9-19(14)30(27,28)22-11-10-21(13-15(22)2)17-6-4-16(5-7-17)20(24)29-3/h4-9,12,15H,10-11,13H2,1-3H3. The second-order valence-corrected chi connectivity index (χ2v) is 9.02. The number of esters is 1. The molecule has 1 atom stereocenters. The minimum Gasteiger partial charge on any atom is -0.465 e. The third-order valence-electron chi connectivity index (χ3n) is 5.18. The van der Waals surface area contributed by atoms with Crippen LogP contribution in [0, 0.1) is 17.0 Å². The van der Waals surface area contributed by atoms with E-state index in [1.807, 2.05) is 19.1 Å². The summed E-state index contributed by atoms with van der Waals surface area (Å²) in [5.41, 5.74) is 1.54. The van der Waals surface area contributed by atoms with E-state index in [1.54, 1.807) is 19.1 Å². The van der Waals surface area contributed by atoms with Crippen molar-refractivity contribution in [3.8, 4) is 0 Å². The van der Waals surface area contributed by atoms with Crippen LogP contribution in [0.2, 0.25) is 0 Å². The van der Waals surface area contributed by atoms with Crippen molar-refractivity contribution in [2.75, 3.05) is 31.6 Å². The Morgan fingerprint density at radius 1 is 1.17 bits per heavy atom. The highest BCUT2D eigenvalue weighted by Gasteiger charge is 2.35. The van der Waals surface area contributed by atoms with Gasteiger partial charge in [-0.3, -0.25) is 10.1 Å². The van der Waals surface area contributed by atoms with E-state index in [2.05, 4.69) is 4.90 Å². The van der Waals surface area contributed by atoms with E-state index in [4.69, 9.17) is 4.74 Å². The molecule has 0 saturated carbocycles. The molecule has 2 aromatic rings. The van der Waals surface area contributed by atoms with Crippen molar-refractivity contribution >= 4 is 27.4 Å². The molecule has 160 valence electrons. The molecule has 0 bridgehead atoms. The van der Waals surface area contributed by atoms with Crippen LogP contribution in [0.1, 0.15) is 22.8 Å². The number of rotatable bonds is 5. The van der Waals surface area contributed by atoms with Crippen molar-refractivity contribution in [1.29, 1.82) is 0 Å². The van der Waals surface area contributed by atoms with Gasteiger partial charge in [0.25, 0.3) is 5.69 Å². The fourth-order valence-electron chi connectivity index (χ4n) is 3.62. The number of hydrogen-bond donors (Lipinski definition) is 0. The lowest BCUT2D eigenvalue weighted by atomic mass is 10.1. The highest BCUT2D eigenvalue weighted by molar-refractivity contribution is 7.89. The van der Waals surface area contributed by atoms with Crippen LogP contribution in [0.5, 0.6) is 0 Å². The lowest BCUT2D eigenvalue weighted by Gasteiger charge is -2.40. The van der Waals surface area contributed by atoms with Crippen molar-refractivity contribution in [1.82, 2.24) is 4.31 Å². The first-order valence-electron chi connectivity index (χ1n) is 9.35. The molecule has 3 rings (SSSR count). The van der Waals surface area contributed by atoms with Gasteiger partial charge in [-0.15, -0.1) is 0 Å². The summed E-state index contributed by atoms with van der Waals surface area (Å²) in [7, 11) is -2.46. The van der Waals surface area contributed by atoms with E-state index in [-0.39, 0.29) is 23.2 Å². The number of piperazine rings is 1. The van der Waals surface area contributed by atoms with Crippen LogP contribution in [0.15, 0.2) is 47.4 Å². The molecule has 0 spiro atoms. The van der Waals surface area contributed by atoms with Gasteiger partial charge in [0, 0.05) is 43.5 Å². The van der Waals surface area contributed by atoms with Gasteiger partial charge < -0.3 is 9.64 Å². The molecule has 1 aliphatic rings. The minimum atomic E-state index is -3.79. The lowest BCUT2D eigenvalue weighted by molar-refractivity contribution is -0.385. The van der Waals surface area contributed by atoms with Crippen LogP contribution < -0.4 is 4.90 Å². The van der Waals surface area contributed by atoms with Crippen LogP contribution in [-0.2, 0) is 14.8 Å². The van der Waals surface area contributed by atoms with E-state index in [0.29, 0.717) is 24.2 Å². The minimum absolute atomic E-state index is 0.0795. The van der Waals surface area contributed by atoms with E-state index in [0.717, 1.165) is 5.69 Å². The smallest absolute Gasteiger partial charge is 0.337 e. The number of benzene rings is 2. The zero-order valence-electron chi connectivity index (χ0n) is 16.9. The van der Waals surface area contributed by atoms with Crippen LogP contribution in [0.4, 0.5) is 11.4 Å². The fourth-order valence-corrected chi connectivity index (χ4v) is 5.44. The van der Waals surface area contributed by atoms with Gasteiger partial charge in [-0.1, -0.05) is 0 Å².